The van der Waals surface area contributed by atoms with E-state index in [1.807, 2.05) is 50.2 Å². The molecule has 4 heteroatoms. The number of benzene rings is 1. The predicted molar refractivity (Wildman–Crippen MR) is 78.3 cm³/mol. The summed E-state index contributed by atoms with van der Waals surface area (Å²) in [5.74, 6) is 3.45. The first-order valence-corrected chi connectivity index (χ1v) is 6.90. The van der Waals surface area contributed by atoms with Crippen LogP contribution >= 0.6 is 0 Å². The van der Waals surface area contributed by atoms with E-state index in [1.54, 1.807) is 0 Å². The molecule has 0 fully saturated rings. The van der Waals surface area contributed by atoms with E-state index in [9.17, 15) is 0 Å². The number of hydrogen-bond acceptors (Lipinski definition) is 4. The molecule has 2 aromatic rings. The van der Waals surface area contributed by atoms with E-state index >= 15 is 0 Å². The molecule has 0 aliphatic carbocycles. The van der Waals surface area contributed by atoms with Crippen molar-refractivity contribution < 1.29 is 13.9 Å². The van der Waals surface area contributed by atoms with Gasteiger partial charge in [-0.3, -0.25) is 0 Å². The van der Waals surface area contributed by atoms with Crippen LogP contribution in [0.3, 0.4) is 0 Å². The first-order valence-electron chi connectivity index (χ1n) is 6.90. The summed E-state index contributed by atoms with van der Waals surface area (Å²) in [5, 5.41) is 3.28. The zero-order valence-corrected chi connectivity index (χ0v) is 12.0. The minimum Gasteiger partial charge on any atom is -0.490 e. The highest BCUT2D eigenvalue weighted by atomic mass is 16.5. The number of furan rings is 1. The highest BCUT2D eigenvalue weighted by Crippen LogP contribution is 2.25. The van der Waals surface area contributed by atoms with E-state index in [-0.39, 0.29) is 0 Å². The zero-order valence-electron chi connectivity index (χ0n) is 12.0. The normalized spacial score (nSPS) is 10.5. The van der Waals surface area contributed by atoms with Crippen LogP contribution in [0.15, 0.2) is 40.8 Å². The molecule has 0 saturated heterocycles. The first kappa shape index (κ1) is 14.5. The molecule has 0 atom stereocenters. The van der Waals surface area contributed by atoms with Crippen LogP contribution < -0.4 is 14.8 Å². The summed E-state index contributed by atoms with van der Waals surface area (Å²) in [6.07, 6.45) is 0. The molecule has 0 unspecified atom stereocenters. The predicted octanol–water partition coefficient (Wildman–Crippen LogP) is 3.16. The van der Waals surface area contributed by atoms with Gasteiger partial charge in [0.15, 0.2) is 11.5 Å². The van der Waals surface area contributed by atoms with Crippen molar-refractivity contribution in [1.29, 1.82) is 0 Å². The maximum Gasteiger partial charge on any atom is 0.161 e. The van der Waals surface area contributed by atoms with Crippen LogP contribution in [-0.4, -0.2) is 19.8 Å². The Morgan fingerprint density at radius 2 is 1.80 bits per heavy atom. The van der Waals surface area contributed by atoms with Crippen molar-refractivity contribution >= 4 is 0 Å². The molecule has 20 heavy (non-hydrogen) atoms. The molecule has 1 N–H and O–H groups in total. The molecular weight excluding hydrogens is 254 g/mol. The average Bonchev–Trinajstić information content (AvgIpc) is 2.86. The Labute approximate surface area is 119 Å². The van der Waals surface area contributed by atoms with Gasteiger partial charge >= 0.3 is 0 Å². The standard InChI is InChI=1S/C16H21NO3/c1-3-18-15-6-4-5-7-16(15)19-11-10-17-12-14-9-8-13(2)20-14/h4-9,17H,3,10-12H2,1-2H3. The Bertz CT molecular complexity index is 522. The van der Waals surface area contributed by atoms with E-state index in [4.69, 9.17) is 13.9 Å². The average molecular weight is 275 g/mol. The summed E-state index contributed by atoms with van der Waals surface area (Å²) in [6, 6.07) is 11.7. The van der Waals surface area contributed by atoms with Crippen LogP contribution in [0.2, 0.25) is 0 Å². The number of hydrogen-bond donors (Lipinski definition) is 1. The van der Waals surface area contributed by atoms with Crippen molar-refractivity contribution in [2.45, 2.75) is 20.4 Å². The third-order valence-corrected chi connectivity index (χ3v) is 2.78. The number of para-hydroxylation sites is 2. The monoisotopic (exact) mass is 275 g/mol. The molecule has 0 bridgehead atoms. The van der Waals surface area contributed by atoms with Crippen LogP contribution in [0.5, 0.6) is 11.5 Å². The molecule has 1 heterocycles. The third-order valence-electron chi connectivity index (χ3n) is 2.78. The molecule has 1 aromatic carbocycles. The fourth-order valence-electron chi connectivity index (χ4n) is 1.87. The molecular formula is C16H21NO3. The molecule has 0 amide bonds. The number of nitrogens with one attached hydrogen (secondary N) is 1. The molecule has 0 aliphatic heterocycles. The van der Waals surface area contributed by atoms with Gasteiger partial charge in [0, 0.05) is 6.54 Å². The van der Waals surface area contributed by atoms with Crippen molar-refractivity contribution in [3.05, 3.63) is 47.9 Å². The smallest absolute Gasteiger partial charge is 0.161 e. The second kappa shape index (κ2) is 7.60. The molecule has 2 rings (SSSR count). The summed E-state index contributed by atoms with van der Waals surface area (Å²) in [5.41, 5.74) is 0. The lowest BCUT2D eigenvalue weighted by molar-refractivity contribution is 0.274. The maximum atomic E-state index is 5.71. The number of rotatable bonds is 8. The van der Waals surface area contributed by atoms with Gasteiger partial charge in [-0.25, -0.2) is 0 Å². The summed E-state index contributed by atoms with van der Waals surface area (Å²) >= 11 is 0. The quantitative estimate of drug-likeness (QED) is 0.752. The summed E-state index contributed by atoms with van der Waals surface area (Å²) < 4.78 is 16.7. The highest BCUT2D eigenvalue weighted by Gasteiger charge is 2.03. The first-order chi connectivity index (χ1) is 9.79. The van der Waals surface area contributed by atoms with Crippen LogP contribution in [0, 0.1) is 6.92 Å². The molecule has 0 radical (unpaired) electrons. The van der Waals surface area contributed by atoms with E-state index < -0.39 is 0 Å². The second-order valence-electron chi connectivity index (χ2n) is 4.42. The molecule has 0 aliphatic rings. The third kappa shape index (κ3) is 4.31. The second-order valence-corrected chi connectivity index (χ2v) is 4.42. The van der Waals surface area contributed by atoms with Crippen LogP contribution in [0.25, 0.3) is 0 Å². The summed E-state index contributed by atoms with van der Waals surface area (Å²) in [6.45, 7) is 6.59. The SMILES string of the molecule is CCOc1ccccc1OCCNCc1ccc(C)o1. The lowest BCUT2D eigenvalue weighted by Gasteiger charge is -2.11. The van der Waals surface area contributed by atoms with E-state index in [0.29, 0.717) is 19.8 Å². The van der Waals surface area contributed by atoms with Gasteiger partial charge in [0.05, 0.1) is 13.2 Å². The van der Waals surface area contributed by atoms with Crippen molar-refractivity contribution in [2.24, 2.45) is 0 Å². The fourth-order valence-corrected chi connectivity index (χ4v) is 1.87. The van der Waals surface area contributed by atoms with Crippen molar-refractivity contribution in [1.82, 2.24) is 5.32 Å². The zero-order chi connectivity index (χ0) is 14.2. The van der Waals surface area contributed by atoms with Gasteiger partial charge in [-0.05, 0) is 38.1 Å². The molecule has 0 saturated carbocycles. The van der Waals surface area contributed by atoms with Crippen LogP contribution in [0.4, 0.5) is 0 Å². The van der Waals surface area contributed by atoms with E-state index in [2.05, 4.69) is 5.32 Å². The lowest BCUT2D eigenvalue weighted by atomic mass is 10.3. The van der Waals surface area contributed by atoms with Gasteiger partial charge in [0.1, 0.15) is 18.1 Å². The van der Waals surface area contributed by atoms with E-state index in [1.165, 1.54) is 0 Å². The summed E-state index contributed by atoms with van der Waals surface area (Å²) in [4.78, 5) is 0. The van der Waals surface area contributed by atoms with E-state index in [0.717, 1.165) is 29.6 Å². The summed E-state index contributed by atoms with van der Waals surface area (Å²) in [7, 11) is 0. The Morgan fingerprint density at radius 1 is 1.05 bits per heavy atom. The van der Waals surface area contributed by atoms with Crippen LogP contribution in [0.1, 0.15) is 18.4 Å². The fraction of sp³-hybridized carbons (Fsp3) is 0.375. The van der Waals surface area contributed by atoms with Gasteiger partial charge in [-0.1, -0.05) is 12.1 Å². The molecule has 0 spiro atoms. The Morgan fingerprint density at radius 3 is 2.45 bits per heavy atom. The molecule has 4 nitrogen and oxygen atoms in total. The van der Waals surface area contributed by atoms with Crippen LogP contribution in [-0.2, 0) is 6.54 Å². The highest BCUT2D eigenvalue weighted by molar-refractivity contribution is 5.39. The van der Waals surface area contributed by atoms with Gasteiger partial charge in [-0.2, -0.15) is 0 Å². The van der Waals surface area contributed by atoms with Crippen molar-refractivity contribution in [3.8, 4) is 11.5 Å². The van der Waals surface area contributed by atoms with Gasteiger partial charge in [0.2, 0.25) is 0 Å². The number of aryl methyl sites for hydroxylation is 1. The topological polar surface area (TPSA) is 43.6 Å². The van der Waals surface area contributed by atoms with Crippen molar-refractivity contribution in [3.63, 3.8) is 0 Å². The largest absolute Gasteiger partial charge is 0.490 e. The Hall–Kier alpha value is -1.94. The van der Waals surface area contributed by atoms with Gasteiger partial charge < -0.3 is 19.2 Å². The molecule has 1 aromatic heterocycles. The lowest BCUT2D eigenvalue weighted by Crippen LogP contribution is -2.20. The minimum absolute atomic E-state index is 0.587. The van der Waals surface area contributed by atoms with Gasteiger partial charge in [0.25, 0.3) is 0 Å². The Balaban J connectivity index is 1.70. The number of ether oxygens (including phenoxy) is 2. The minimum atomic E-state index is 0.587. The van der Waals surface area contributed by atoms with Gasteiger partial charge in [-0.15, -0.1) is 0 Å². The Kier molecular flexibility index (Phi) is 5.50. The molecule has 108 valence electrons. The maximum absolute atomic E-state index is 5.71. The van der Waals surface area contributed by atoms with Crippen molar-refractivity contribution in [2.75, 3.05) is 19.8 Å².